The van der Waals surface area contributed by atoms with Gasteiger partial charge in [-0.25, -0.2) is 8.78 Å². The Bertz CT molecular complexity index is 424. The molecule has 1 aromatic carbocycles. The fraction of sp³-hybridized carbons (Fsp3) is 0.364. The molecule has 0 N–H and O–H groups in total. The first-order valence-corrected chi connectivity index (χ1v) is 5.47. The number of carbonyl (C=O) groups excluding carboxylic acids is 1. The highest BCUT2D eigenvalue weighted by Crippen LogP contribution is 2.28. The first-order chi connectivity index (χ1) is 7.63. The Morgan fingerprint density at radius 2 is 2.19 bits per heavy atom. The van der Waals surface area contributed by atoms with Crippen molar-refractivity contribution in [2.24, 2.45) is 5.92 Å². The predicted molar refractivity (Wildman–Crippen MR) is 57.5 cm³/mol. The zero-order valence-electron chi connectivity index (χ0n) is 8.42. The Hall–Kier alpha value is -1.16. The van der Waals surface area contributed by atoms with Gasteiger partial charge in [-0.3, -0.25) is 4.79 Å². The van der Waals surface area contributed by atoms with Gasteiger partial charge in [0, 0.05) is 18.8 Å². The summed E-state index contributed by atoms with van der Waals surface area (Å²) in [6, 6.07) is 3.81. The van der Waals surface area contributed by atoms with Gasteiger partial charge in [-0.05, 0) is 18.1 Å². The van der Waals surface area contributed by atoms with E-state index in [9.17, 15) is 13.6 Å². The summed E-state index contributed by atoms with van der Waals surface area (Å²) in [6.07, 6.45) is 0.291. The molecule has 0 aliphatic carbocycles. The van der Waals surface area contributed by atoms with E-state index < -0.39 is 11.6 Å². The van der Waals surface area contributed by atoms with Crippen molar-refractivity contribution in [2.45, 2.75) is 6.42 Å². The van der Waals surface area contributed by atoms with Crippen molar-refractivity contribution in [3.05, 3.63) is 29.8 Å². The quantitative estimate of drug-likeness (QED) is 0.734. The number of halogens is 3. The SMILES string of the molecule is O=C1CC(CCl)CN1c1cccc(F)c1F. The number of benzene rings is 1. The van der Waals surface area contributed by atoms with Crippen LogP contribution in [0.2, 0.25) is 0 Å². The first kappa shape index (κ1) is 11.3. The molecule has 0 bridgehead atoms. The van der Waals surface area contributed by atoms with E-state index in [0.717, 1.165) is 6.07 Å². The van der Waals surface area contributed by atoms with E-state index in [1.54, 1.807) is 0 Å². The van der Waals surface area contributed by atoms with Crippen LogP contribution in [0.15, 0.2) is 18.2 Å². The molecule has 1 atom stereocenters. The molecule has 1 aliphatic rings. The van der Waals surface area contributed by atoms with Gasteiger partial charge in [-0.15, -0.1) is 11.6 Å². The van der Waals surface area contributed by atoms with Gasteiger partial charge in [0.25, 0.3) is 0 Å². The lowest BCUT2D eigenvalue weighted by molar-refractivity contribution is -0.117. The summed E-state index contributed by atoms with van der Waals surface area (Å²) in [6.45, 7) is 0.350. The first-order valence-electron chi connectivity index (χ1n) is 4.94. The zero-order chi connectivity index (χ0) is 11.7. The van der Waals surface area contributed by atoms with Gasteiger partial charge in [0.1, 0.15) is 0 Å². The molecule has 1 saturated heterocycles. The minimum absolute atomic E-state index is 0.00221. The minimum atomic E-state index is -0.980. The molecule has 1 heterocycles. The zero-order valence-corrected chi connectivity index (χ0v) is 9.18. The average Bonchev–Trinajstić information content (AvgIpc) is 2.64. The number of rotatable bonds is 2. The Labute approximate surface area is 96.8 Å². The molecule has 2 rings (SSSR count). The fourth-order valence-corrected chi connectivity index (χ4v) is 2.03. The molecule has 16 heavy (non-hydrogen) atoms. The number of amides is 1. The predicted octanol–water partition coefficient (Wildman–Crippen LogP) is 2.56. The van der Waals surface area contributed by atoms with Gasteiger partial charge in [0.15, 0.2) is 11.6 Å². The second-order valence-corrected chi connectivity index (χ2v) is 4.11. The summed E-state index contributed by atoms with van der Waals surface area (Å²) >= 11 is 5.65. The van der Waals surface area contributed by atoms with Crippen molar-refractivity contribution in [3.8, 4) is 0 Å². The molecule has 1 unspecified atom stereocenters. The molecule has 0 spiro atoms. The Balaban J connectivity index is 2.31. The van der Waals surface area contributed by atoms with Crippen LogP contribution in [0.5, 0.6) is 0 Å². The lowest BCUT2D eigenvalue weighted by Gasteiger charge is -2.17. The van der Waals surface area contributed by atoms with Crippen molar-refractivity contribution in [2.75, 3.05) is 17.3 Å². The van der Waals surface area contributed by atoms with Crippen molar-refractivity contribution in [1.82, 2.24) is 0 Å². The van der Waals surface area contributed by atoms with E-state index in [0.29, 0.717) is 18.8 Å². The molecule has 86 valence electrons. The van der Waals surface area contributed by atoms with Crippen molar-refractivity contribution >= 4 is 23.2 Å². The molecule has 0 radical (unpaired) electrons. The largest absolute Gasteiger partial charge is 0.309 e. The highest BCUT2D eigenvalue weighted by molar-refractivity contribution is 6.18. The van der Waals surface area contributed by atoms with E-state index in [2.05, 4.69) is 0 Å². The minimum Gasteiger partial charge on any atom is -0.309 e. The molecular formula is C11H10ClF2NO. The lowest BCUT2D eigenvalue weighted by Crippen LogP contribution is -2.26. The van der Waals surface area contributed by atoms with Crippen molar-refractivity contribution in [3.63, 3.8) is 0 Å². The summed E-state index contributed by atoms with van der Waals surface area (Å²) in [4.78, 5) is 12.8. The van der Waals surface area contributed by atoms with Crippen molar-refractivity contribution in [1.29, 1.82) is 0 Å². The van der Waals surface area contributed by atoms with Crippen LogP contribution >= 0.6 is 11.6 Å². The lowest BCUT2D eigenvalue weighted by atomic mass is 10.1. The number of alkyl halides is 1. The number of carbonyl (C=O) groups is 1. The second-order valence-electron chi connectivity index (χ2n) is 3.80. The molecular weight excluding hydrogens is 236 g/mol. The van der Waals surface area contributed by atoms with E-state index in [1.165, 1.54) is 17.0 Å². The van der Waals surface area contributed by atoms with E-state index in [-0.39, 0.29) is 17.5 Å². The van der Waals surface area contributed by atoms with Crippen molar-refractivity contribution < 1.29 is 13.6 Å². The molecule has 5 heteroatoms. The molecule has 0 aromatic heterocycles. The highest BCUT2D eigenvalue weighted by Gasteiger charge is 2.31. The summed E-state index contributed by atoms with van der Waals surface area (Å²) in [5.41, 5.74) is -0.00221. The fourth-order valence-electron chi connectivity index (χ4n) is 1.82. The number of hydrogen-bond acceptors (Lipinski definition) is 1. The van der Waals surface area contributed by atoms with Crippen LogP contribution in [0.25, 0.3) is 0 Å². The monoisotopic (exact) mass is 245 g/mol. The number of anilines is 1. The summed E-state index contributed by atoms with van der Waals surface area (Å²) in [5.74, 6) is -1.78. The number of nitrogens with zero attached hydrogens (tertiary/aromatic N) is 1. The van der Waals surface area contributed by atoms with Gasteiger partial charge in [-0.1, -0.05) is 6.07 Å². The number of hydrogen-bond donors (Lipinski definition) is 0. The van der Waals surface area contributed by atoms with Crippen LogP contribution in [0.3, 0.4) is 0 Å². The highest BCUT2D eigenvalue weighted by atomic mass is 35.5. The summed E-state index contributed by atoms with van der Waals surface area (Å²) in [7, 11) is 0. The van der Waals surface area contributed by atoms with E-state index in [4.69, 9.17) is 11.6 Å². The summed E-state index contributed by atoms with van der Waals surface area (Å²) < 4.78 is 26.5. The molecule has 1 amide bonds. The van der Waals surface area contributed by atoms with E-state index in [1.807, 2.05) is 0 Å². The maximum Gasteiger partial charge on any atom is 0.227 e. The smallest absolute Gasteiger partial charge is 0.227 e. The molecule has 1 fully saturated rings. The molecule has 0 saturated carbocycles. The normalized spacial score (nSPS) is 20.6. The van der Waals surface area contributed by atoms with Gasteiger partial charge in [0.05, 0.1) is 5.69 Å². The second kappa shape index (κ2) is 4.37. The van der Waals surface area contributed by atoms with Crippen LogP contribution in [-0.4, -0.2) is 18.3 Å². The van der Waals surface area contributed by atoms with Gasteiger partial charge >= 0.3 is 0 Å². The molecule has 1 aliphatic heterocycles. The topological polar surface area (TPSA) is 20.3 Å². The van der Waals surface area contributed by atoms with Gasteiger partial charge in [0.2, 0.25) is 5.91 Å². The van der Waals surface area contributed by atoms with Gasteiger partial charge in [-0.2, -0.15) is 0 Å². The standard InChI is InChI=1S/C11H10ClF2NO/c12-5-7-4-10(16)15(6-7)9-3-1-2-8(13)11(9)14/h1-3,7H,4-6H2. The van der Waals surface area contributed by atoms with Gasteiger partial charge < -0.3 is 4.90 Å². The maximum atomic E-state index is 13.5. The third kappa shape index (κ3) is 1.89. The Morgan fingerprint density at radius 3 is 2.81 bits per heavy atom. The third-order valence-corrected chi connectivity index (χ3v) is 3.08. The third-order valence-electron chi connectivity index (χ3n) is 2.65. The van der Waals surface area contributed by atoms with Crippen LogP contribution in [0.4, 0.5) is 14.5 Å². The van der Waals surface area contributed by atoms with Crippen LogP contribution in [0.1, 0.15) is 6.42 Å². The molecule has 2 nitrogen and oxygen atoms in total. The summed E-state index contributed by atoms with van der Waals surface area (Å²) in [5, 5.41) is 0. The molecule has 1 aromatic rings. The average molecular weight is 246 g/mol. The van der Waals surface area contributed by atoms with Crippen LogP contribution < -0.4 is 4.90 Å². The maximum absolute atomic E-state index is 13.5. The Morgan fingerprint density at radius 1 is 1.44 bits per heavy atom. The van der Waals surface area contributed by atoms with Crippen LogP contribution in [0, 0.1) is 17.6 Å². The van der Waals surface area contributed by atoms with Crippen LogP contribution in [-0.2, 0) is 4.79 Å². The Kier molecular flexibility index (Phi) is 3.10. The van der Waals surface area contributed by atoms with E-state index >= 15 is 0 Å².